The molecule has 4 rings (SSSR count). The number of hydrogen-bond acceptors (Lipinski definition) is 2. The fraction of sp³-hybridized carbons (Fsp3) is 0.333. The molecule has 1 atom stereocenters. The Morgan fingerprint density at radius 1 is 0.966 bits per heavy atom. The highest BCUT2D eigenvalue weighted by molar-refractivity contribution is 6.35. The van der Waals surface area contributed by atoms with Gasteiger partial charge in [0.1, 0.15) is 0 Å². The fourth-order valence-electron chi connectivity index (χ4n) is 4.47. The summed E-state index contributed by atoms with van der Waals surface area (Å²) >= 11 is 12.4. The van der Waals surface area contributed by atoms with Crippen molar-refractivity contribution in [3.8, 4) is 0 Å². The summed E-state index contributed by atoms with van der Waals surface area (Å²) in [5.41, 5.74) is 4.10. The van der Waals surface area contributed by atoms with E-state index >= 15 is 0 Å². The molecule has 1 aliphatic heterocycles. The Morgan fingerprint density at radius 2 is 1.59 bits per heavy atom. The number of carbonyl (C=O) groups excluding carboxylic acids is 2. The lowest BCUT2D eigenvalue weighted by Gasteiger charge is -2.43. The van der Waals surface area contributed by atoms with Crippen molar-refractivity contribution in [3.63, 3.8) is 0 Å². The van der Waals surface area contributed by atoms with E-state index in [0.29, 0.717) is 28.6 Å². The number of ketones is 1. The average molecular weight is 428 g/mol. The first kappa shape index (κ1) is 20.2. The van der Waals surface area contributed by atoms with E-state index in [1.54, 1.807) is 23.1 Å². The number of carbonyl (C=O) groups is 2. The van der Waals surface area contributed by atoms with Gasteiger partial charge in [0.15, 0.2) is 5.78 Å². The van der Waals surface area contributed by atoms with Gasteiger partial charge in [-0.15, -0.1) is 0 Å². The van der Waals surface area contributed by atoms with Crippen LogP contribution in [-0.4, -0.2) is 11.7 Å². The Hall–Kier alpha value is -2.10. The van der Waals surface area contributed by atoms with Crippen LogP contribution < -0.4 is 4.90 Å². The summed E-state index contributed by atoms with van der Waals surface area (Å²) in [7, 11) is 0. The van der Waals surface area contributed by atoms with Gasteiger partial charge < -0.3 is 0 Å². The second-order valence-electron chi connectivity index (χ2n) is 8.83. The fourth-order valence-corrected chi connectivity index (χ4v) is 4.98. The standard InChI is InChI=1S/C24H23Cl2NO2/c1-14-4-6-15(7-5-14)19-11-22(29)27(18-9-16(25)8-17(26)10-18)20-12-24(2,3)13-21(28)23(19)20/h4-10,19H,11-13H2,1-3H3. The summed E-state index contributed by atoms with van der Waals surface area (Å²) in [4.78, 5) is 28.3. The maximum atomic E-state index is 13.3. The average Bonchev–Trinajstić information content (AvgIpc) is 2.59. The minimum atomic E-state index is -0.216. The quantitative estimate of drug-likeness (QED) is 0.550. The Kier molecular flexibility index (Phi) is 5.08. The van der Waals surface area contributed by atoms with Crippen LogP contribution in [0.4, 0.5) is 5.69 Å². The molecule has 1 amide bonds. The van der Waals surface area contributed by atoms with Gasteiger partial charge in [-0.2, -0.15) is 0 Å². The zero-order valence-corrected chi connectivity index (χ0v) is 18.3. The number of rotatable bonds is 2. The molecule has 1 unspecified atom stereocenters. The monoisotopic (exact) mass is 427 g/mol. The van der Waals surface area contributed by atoms with Crippen LogP contribution in [0.3, 0.4) is 0 Å². The van der Waals surface area contributed by atoms with E-state index in [2.05, 4.69) is 13.8 Å². The number of aryl methyl sites for hydroxylation is 1. The molecule has 0 fully saturated rings. The van der Waals surface area contributed by atoms with Gasteiger partial charge >= 0.3 is 0 Å². The summed E-state index contributed by atoms with van der Waals surface area (Å²) in [6, 6.07) is 13.2. The number of halogens is 2. The van der Waals surface area contributed by atoms with Gasteiger partial charge in [-0.1, -0.05) is 66.9 Å². The molecule has 29 heavy (non-hydrogen) atoms. The predicted octanol–water partition coefficient (Wildman–Crippen LogP) is 6.47. The first-order valence-electron chi connectivity index (χ1n) is 9.76. The molecular weight excluding hydrogens is 405 g/mol. The third-order valence-electron chi connectivity index (χ3n) is 5.73. The van der Waals surface area contributed by atoms with Crippen molar-refractivity contribution >= 4 is 40.6 Å². The summed E-state index contributed by atoms with van der Waals surface area (Å²) in [6.45, 7) is 6.16. The first-order valence-corrected chi connectivity index (χ1v) is 10.5. The van der Waals surface area contributed by atoms with E-state index in [0.717, 1.165) is 22.4 Å². The van der Waals surface area contributed by atoms with Crippen molar-refractivity contribution in [2.45, 2.75) is 46.0 Å². The van der Waals surface area contributed by atoms with E-state index in [9.17, 15) is 9.59 Å². The summed E-state index contributed by atoms with van der Waals surface area (Å²) in [5, 5.41) is 0.925. The maximum Gasteiger partial charge on any atom is 0.232 e. The minimum Gasteiger partial charge on any atom is -0.294 e. The van der Waals surface area contributed by atoms with Gasteiger partial charge in [0.2, 0.25) is 5.91 Å². The molecule has 2 aromatic rings. The molecule has 0 saturated heterocycles. The molecule has 0 spiro atoms. The third-order valence-corrected chi connectivity index (χ3v) is 6.16. The van der Waals surface area contributed by atoms with E-state index < -0.39 is 0 Å². The molecule has 2 aliphatic rings. The number of benzene rings is 2. The second-order valence-corrected chi connectivity index (χ2v) is 9.70. The van der Waals surface area contributed by atoms with Crippen LogP contribution in [0.5, 0.6) is 0 Å². The molecule has 0 radical (unpaired) electrons. The van der Waals surface area contributed by atoms with E-state index in [4.69, 9.17) is 23.2 Å². The highest BCUT2D eigenvalue weighted by atomic mass is 35.5. The number of allylic oxidation sites excluding steroid dienone is 2. The lowest BCUT2D eigenvalue weighted by molar-refractivity contribution is -0.121. The zero-order chi connectivity index (χ0) is 20.9. The Labute approximate surface area is 181 Å². The lowest BCUT2D eigenvalue weighted by Crippen LogP contribution is -2.43. The number of nitrogens with zero attached hydrogens (tertiary/aromatic N) is 1. The Bertz CT molecular complexity index is 1020. The second kappa shape index (κ2) is 7.30. The van der Waals surface area contributed by atoms with Crippen molar-refractivity contribution in [2.24, 2.45) is 5.41 Å². The van der Waals surface area contributed by atoms with E-state index in [1.807, 2.05) is 31.2 Å². The molecule has 3 nitrogen and oxygen atoms in total. The van der Waals surface area contributed by atoms with Gasteiger partial charge in [-0.05, 0) is 42.5 Å². The van der Waals surface area contributed by atoms with Crippen LogP contribution in [0.15, 0.2) is 53.7 Å². The Morgan fingerprint density at radius 3 is 2.21 bits per heavy atom. The van der Waals surface area contributed by atoms with Crippen LogP contribution >= 0.6 is 23.2 Å². The lowest BCUT2D eigenvalue weighted by atomic mass is 9.69. The van der Waals surface area contributed by atoms with Crippen molar-refractivity contribution in [3.05, 3.63) is 74.9 Å². The molecule has 1 aliphatic carbocycles. The molecule has 0 N–H and O–H groups in total. The van der Waals surface area contributed by atoms with Gasteiger partial charge in [0.25, 0.3) is 0 Å². The number of anilines is 1. The Balaban J connectivity index is 1.91. The minimum absolute atomic E-state index is 0.0434. The highest BCUT2D eigenvalue weighted by Crippen LogP contribution is 2.48. The van der Waals surface area contributed by atoms with Crippen LogP contribution in [-0.2, 0) is 9.59 Å². The normalized spacial score (nSPS) is 21.4. The van der Waals surface area contributed by atoms with Crippen LogP contribution in [0.2, 0.25) is 10.0 Å². The van der Waals surface area contributed by atoms with Crippen LogP contribution in [0.1, 0.15) is 50.2 Å². The number of hydrogen-bond donors (Lipinski definition) is 0. The molecule has 2 aromatic carbocycles. The highest BCUT2D eigenvalue weighted by Gasteiger charge is 2.44. The summed E-state index contributed by atoms with van der Waals surface area (Å²) < 4.78 is 0. The van der Waals surface area contributed by atoms with Crippen molar-refractivity contribution in [2.75, 3.05) is 4.90 Å². The molecule has 150 valence electrons. The summed E-state index contributed by atoms with van der Waals surface area (Å²) in [5.74, 6) is -0.141. The van der Waals surface area contributed by atoms with Gasteiger partial charge in [0, 0.05) is 40.1 Å². The largest absolute Gasteiger partial charge is 0.294 e. The van der Waals surface area contributed by atoms with E-state index in [1.165, 1.54) is 0 Å². The molecule has 1 heterocycles. The van der Waals surface area contributed by atoms with Crippen LogP contribution in [0.25, 0.3) is 0 Å². The molecular formula is C24H23Cl2NO2. The first-order chi connectivity index (χ1) is 13.6. The van der Waals surface area contributed by atoms with Crippen molar-refractivity contribution in [1.29, 1.82) is 0 Å². The van der Waals surface area contributed by atoms with Gasteiger partial charge in [0.05, 0.1) is 5.69 Å². The van der Waals surface area contributed by atoms with E-state index in [-0.39, 0.29) is 29.4 Å². The third kappa shape index (κ3) is 3.86. The predicted molar refractivity (Wildman–Crippen MR) is 118 cm³/mol. The maximum absolute atomic E-state index is 13.3. The molecule has 0 saturated carbocycles. The van der Waals surface area contributed by atoms with Gasteiger partial charge in [-0.25, -0.2) is 0 Å². The molecule has 5 heteroatoms. The van der Waals surface area contributed by atoms with Crippen molar-refractivity contribution in [1.82, 2.24) is 0 Å². The van der Waals surface area contributed by atoms with Crippen LogP contribution in [0, 0.1) is 12.3 Å². The zero-order valence-electron chi connectivity index (χ0n) is 16.8. The SMILES string of the molecule is Cc1ccc(C2CC(=O)N(c3cc(Cl)cc(Cl)c3)C3=C2C(=O)CC(C)(C)C3)cc1. The number of Topliss-reactive ketones (excluding diaryl/α,β-unsaturated/α-hetero) is 1. The van der Waals surface area contributed by atoms with Crippen molar-refractivity contribution < 1.29 is 9.59 Å². The smallest absolute Gasteiger partial charge is 0.232 e. The topological polar surface area (TPSA) is 37.4 Å². The number of amides is 1. The van der Waals surface area contributed by atoms with Gasteiger partial charge in [-0.3, -0.25) is 14.5 Å². The molecule has 0 aromatic heterocycles. The summed E-state index contributed by atoms with van der Waals surface area (Å²) in [6.07, 6.45) is 1.37. The molecule has 0 bridgehead atoms.